The molecule has 0 aromatic rings. The normalized spacial score (nSPS) is 24.0. The van der Waals surface area contributed by atoms with Crippen LogP contribution in [0, 0.1) is 0 Å². The van der Waals surface area contributed by atoms with Gasteiger partial charge in [-0.3, -0.25) is 0 Å². The van der Waals surface area contributed by atoms with Gasteiger partial charge in [-0.1, -0.05) is 0 Å². The first-order chi connectivity index (χ1) is 4.00. The molecule has 0 unspecified atom stereocenters. The molecule has 1 aliphatic heterocycles. The molecule has 1 fully saturated rings. The molecule has 8 radical (unpaired) electrons. The van der Waals surface area contributed by atoms with Gasteiger partial charge in [-0.25, -0.2) is 0 Å². The molecule has 0 N–H and O–H groups in total. The Bertz CT molecular complexity index is 32.0. The van der Waals surface area contributed by atoms with Gasteiger partial charge in [0.15, 0.2) is 0 Å². The predicted molar refractivity (Wildman–Crippen MR) is 27.4 cm³/mol. The molecule has 1 rings (SSSR count). The Morgan fingerprint density at radius 3 is 1.00 bits per heavy atom. The number of hydrogen-bond acceptors (Lipinski definition) is 4. The Labute approximate surface area is 91.6 Å². The van der Waals surface area contributed by atoms with Gasteiger partial charge in [-0.05, 0) is 0 Å². The molecule has 8 heteroatoms. The van der Waals surface area contributed by atoms with Crippen molar-refractivity contribution in [1.82, 2.24) is 0 Å². The first-order valence-electron chi connectivity index (χ1n) is 1.63. The Morgan fingerprint density at radius 1 is 0.500 bits per heavy atom. The molecule has 0 aliphatic carbocycles. The third-order valence-corrected chi connectivity index (χ3v) is 15.0. The monoisotopic (exact) mass is 544 g/mol. The second-order valence-electron chi connectivity index (χ2n) is 0.742. The van der Waals surface area contributed by atoms with Gasteiger partial charge in [0.1, 0.15) is 0 Å². The van der Waals surface area contributed by atoms with Crippen molar-refractivity contribution in [2.24, 2.45) is 0 Å². The minimum atomic E-state index is -0.855. The van der Waals surface area contributed by atoms with E-state index in [2.05, 4.69) is 0 Å². The molecule has 1 heterocycles. The second kappa shape index (κ2) is 6.73. The van der Waals surface area contributed by atoms with Gasteiger partial charge in [0, 0.05) is 0 Å². The molecule has 8 heavy (non-hydrogen) atoms. The van der Waals surface area contributed by atoms with Crippen molar-refractivity contribution in [3.05, 3.63) is 0 Å². The molecule has 4 nitrogen and oxygen atoms in total. The van der Waals surface area contributed by atoms with Crippen LogP contribution >= 0.6 is 0 Å². The van der Waals surface area contributed by atoms with Crippen LogP contribution in [0.15, 0.2) is 0 Å². The average Bonchev–Trinajstić information content (AvgIpc) is 1.62. The van der Waals surface area contributed by atoms with E-state index in [0.717, 1.165) is 0 Å². The Kier molecular flexibility index (Phi) is 7.67. The Hall–Kier alpha value is 3.03. The fourth-order valence-electron chi connectivity index (χ4n) is 0.151. The maximum absolute atomic E-state index is 5.18. The third kappa shape index (κ3) is 4.79. The van der Waals surface area contributed by atoms with Gasteiger partial charge < -0.3 is 0 Å². The van der Waals surface area contributed by atoms with Crippen molar-refractivity contribution in [2.75, 3.05) is 0 Å². The van der Waals surface area contributed by atoms with Gasteiger partial charge in [0.05, 0.1) is 0 Å². The van der Waals surface area contributed by atoms with Gasteiger partial charge in [-0.2, -0.15) is 0 Å². The maximum atomic E-state index is 5.18. The minimum absolute atomic E-state index is 0.855. The predicted octanol–water partition coefficient (Wildman–Crippen LogP) is -1.80. The van der Waals surface area contributed by atoms with Crippen LogP contribution in [0.5, 0.6) is 0 Å². The molecule has 1 aliphatic rings. The van der Waals surface area contributed by atoms with E-state index in [1.54, 1.807) is 0 Å². The molecule has 1 saturated heterocycles. The van der Waals surface area contributed by atoms with Gasteiger partial charge in [0.25, 0.3) is 0 Å². The summed E-state index contributed by atoms with van der Waals surface area (Å²) in [5.74, 6) is 0. The van der Waals surface area contributed by atoms with E-state index >= 15 is 0 Å². The number of hydrogen-bond donors (Lipinski definition) is 0. The molecular weight excluding hydrogens is 539 g/mol. The molecule has 0 amide bonds. The SMILES string of the molecule is [O]1[Sn][O][Sn][O][Sn][O][Sn]1. The summed E-state index contributed by atoms with van der Waals surface area (Å²) in [4.78, 5) is 0. The molecule has 0 atom stereocenters. The summed E-state index contributed by atoms with van der Waals surface area (Å²) in [7, 11) is 0. The Morgan fingerprint density at radius 2 is 0.750 bits per heavy atom. The second-order valence-corrected chi connectivity index (χ2v) is 20.6. The molecule has 0 aromatic heterocycles. The summed E-state index contributed by atoms with van der Waals surface area (Å²) in [5, 5.41) is 0. The summed E-state index contributed by atoms with van der Waals surface area (Å²) in [6.07, 6.45) is 0. The van der Waals surface area contributed by atoms with Gasteiger partial charge in [0.2, 0.25) is 0 Å². The van der Waals surface area contributed by atoms with Crippen LogP contribution in [-0.2, 0) is 5.65 Å². The van der Waals surface area contributed by atoms with Crippen LogP contribution in [0.25, 0.3) is 0 Å². The summed E-state index contributed by atoms with van der Waals surface area (Å²) in [5.41, 5.74) is 0. The van der Waals surface area contributed by atoms with Crippen molar-refractivity contribution >= 4 is 87.9 Å². The van der Waals surface area contributed by atoms with E-state index in [-0.39, 0.29) is 0 Å². The fraction of sp³-hybridized carbons (Fsp3) is 0. The summed E-state index contributed by atoms with van der Waals surface area (Å²) in [6.45, 7) is 0. The van der Waals surface area contributed by atoms with Crippen LogP contribution in [0.4, 0.5) is 0 Å². The molecule has 0 saturated carbocycles. The van der Waals surface area contributed by atoms with Crippen molar-refractivity contribution in [3.8, 4) is 0 Å². The van der Waals surface area contributed by atoms with E-state index in [1.165, 1.54) is 0 Å². The fourth-order valence-corrected chi connectivity index (χ4v) is 28.2. The summed E-state index contributed by atoms with van der Waals surface area (Å²) >= 11 is -3.42. The van der Waals surface area contributed by atoms with Crippen LogP contribution in [0.2, 0.25) is 0 Å². The van der Waals surface area contributed by atoms with Crippen LogP contribution in [0.3, 0.4) is 0 Å². The molecule has 0 bridgehead atoms. The van der Waals surface area contributed by atoms with Crippen molar-refractivity contribution in [1.29, 1.82) is 0 Å². The number of rotatable bonds is 0. The van der Waals surface area contributed by atoms with Crippen molar-refractivity contribution in [2.45, 2.75) is 0 Å². The van der Waals surface area contributed by atoms with E-state index in [4.69, 9.17) is 5.65 Å². The average molecular weight is 539 g/mol. The van der Waals surface area contributed by atoms with Gasteiger partial charge in [-0.15, -0.1) is 0 Å². The topological polar surface area (TPSA) is 36.9 Å². The third-order valence-electron chi connectivity index (χ3n) is 0.333. The van der Waals surface area contributed by atoms with Crippen molar-refractivity contribution in [3.63, 3.8) is 0 Å². The molecule has 0 aromatic carbocycles. The van der Waals surface area contributed by atoms with E-state index in [1.807, 2.05) is 0 Å². The standard InChI is InChI=1S/4O.4Sn. The summed E-state index contributed by atoms with van der Waals surface area (Å²) < 4.78 is 20.7. The zero-order valence-electron chi connectivity index (χ0n) is 3.63. The first kappa shape index (κ1) is 9.13. The molecule has 40 valence electrons. The van der Waals surface area contributed by atoms with E-state index in [0.29, 0.717) is 0 Å². The van der Waals surface area contributed by atoms with Gasteiger partial charge >= 0.3 is 93.5 Å². The quantitative estimate of drug-likeness (QED) is 0.342. The van der Waals surface area contributed by atoms with E-state index < -0.39 is 87.9 Å². The molecule has 0 spiro atoms. The van der Waals surface area contributed by atoms with Crippen LogP contribution in [0.1, 0.15) is 0 Å². The molecular formula is O4Sn4. The van der Waals surface area contributed by atoms with Crippen molar-refractivity contribution < 1.29 is 5.65 Å². The zero-order valence-corrected chi connectivity index (χ0v) is 15.0. The Balaban J connectivity index is 2.00. The van der Waals surface area contributed by atoms with Crippen LogP contribution < -0.4 is 0 Å². The summed E-state index contributed by atoms with van der Waals surface area (Å²) in [6, 6.07) is 0. The van der Waals surface area contributed by atoms with E-state index in [9.17, 15) is 0 Å². The zero-order chi connectivity index (χ0) is 5.66. The van der Waals surface area contributed by atoms with Crippen LogP contribution in [-0.4, -0.2) is 87.9 Å². The first-order valence-corrected chi connectivity index (χ1v) is 11.0.